The molecule has 2 rings (SSSR count). The molecule has 0 saturated heterocycles. The second-order valence-corrected chi connectivity index (χ2v) is 11.3. The van der Waals surface area contributed by atoms with E-state index in [2.05, 4.69) is 5.32 Å². The molecule has 38 heavy (non-hydrogen) atoms. The predicted octanol–water partition coefficient (Wildman–Crippen LogP) is 5.50. The zero-order valence-electron chi connectivity index (χ0n) is 21.2. The van der Waals surface area contributed by atoms with Gasteiger partial charge in [0.25, 0.3) is 0 Å². The van der Waals surface area contributed by atoms with E-state index in [1.807, 2.05) is 6.92 Å². The van der Waals surface area contributed by atoms with Gasteiger partial charge < -0.3 is 10.2 Å². The molecular weight excluding hydrogens is 566 g/mol. The first kappa shape index (κ1) is 31.7. The summed E-state index contributed by atoms with van der Waals surface area (Å²) in [5, 5.41) is 2.50. The SMILES string of the molecule is CCCCNC(=O)[C@H](CC)N(Cc1ccccc1Cl)C(=O)CN(c1ccc(Cl)c(C(F)(F)F)c1)S(C)(=O)=O. The van der Waals surface area contributed by atoms with E-state index in [1.54, 1.807) is 31.2 Å². The van der Waals surface area contributed by atoms with Gasteiger partial charge in [0, 0.05) is 18.1 Å². The molecule has 1 N–H and O–H groups in total. The van der Waals surface area contributed by atoms with Gasteiger partial charge in [-0.05, 0) is 42.7 Å². The van der Waals surface area contributed by atoms with Gasteiger partial charge in [0.15, 0.2) is 0 Å². The number of unbranched alkanes of at least 4 members (excludes halogenated alkanes) is 1. The summed E-state index contributed by atoms with van der Waals surface area (Å²) in [4.78, 5) is 27.8. The Morgan fingerprint density at radius 3 is 2.26 bits per heavy atom. The highest BCUT2D eigenvalue weighted by molar-refractivity contribution is 7.92. The number of anilines is 1. The van der Waals surface area contributed by atoms with Gasteiger partial charge >= 0.3 is 6.18 Å². The van der Waals surface area contributed by atoms with Crippen LogP contribution in [-0.4, -0.2) is 50.5 Å². The van der Waals surface area contributed by atoms with Gasteiger partial charge in [-0.15, -0.1) is 0 Å². The molecule has 1 atom stereocenters. The maximum absolute atomic E-state index is 13.6. The fourth-order valence-corrected chi connectivity index (χ4v) is 5.00. The van der Waals surface area contributed by atoms with Gasteiger partial charge in [-0.1, -0.05) is 61.7 Å². The molecule has 0 aromatic heterocycles. The van der Waals surface area contributed by atoms with Crippen molar-refractivity contribution in [2.75, 3.05) is 23.7 Å². The van der Waals surface area contributed by atoms with E-state index >= 15 is 0 Å². The minimum absolute atomic E-state index is 0.121. The molecule has 0 heterocycles. The van der Waals surface area contributed by atoms with E-state index in [9.17, 15) is 31.2 Å². The molecule has 0 unspecified atom stereocenters. The van der Waals surface area contributed by atoms with Crippen LogP contribution in [0.15, 0.2) is 42.5 Å². The maximum atomic E-state index is 13.6. The molecule has 2 aromatic rings. The van der Waals surface area contributed by atoms with Crippen molar-refractivity contribution in [3.63, 3.8) is 0 Å². The van der Waals surface area contributed by atoms with Crippen LogP contribution in [-0.2, 0) is 32.3 Å². The van der Waals surface area contributed by atoms with Crippen molar-refractivity contribution in [1.82, 2.24) is 10.2 Å². The van der Waals surface area contributed by atoms with Crippen LogP contribution in [0.4, 0.5) is 18.9 Å². The van der Waals surface area contributed by atoms with E-state index in [4.69, 9.17) is 23.2 Å². The zero-order chi connectivity index (χ0) is 28.7. The van der Waals surface area contributed by atoms with Crippen LogP contribution in [0.1, 0.15) is 44.2 Å². The van der Waals surface area contributed by atoms with Crippen LogP contribution in [0.25, 0.3) is 0 Å². The number of alkyl halides is 3. The summed E-state index contributed by atoms with van der Waals surface area (Å²) < 4.78 is 66.2. The molecule has 13 heteroatoms. The summed E-state index contributed by atoms with van der Waals surface area (Å²) in [6.07, 6.45) is -2.31. The Morgan fingerprint density at radius 1 is 1.05 bits per heavy atom. The van der Waals surface area contributed by atoms with Gasteiger partial charge in [-0.25, -0.2) is 8.42 Å². The molecule has 7 nitrogen and oxygen atoms in total. The normalized spacial score (nSPS) is 12.6. The highest BCUT2D eigenvalue weighted by Gasteiger charge is 2.36. The van der Waals surface area contributed by atoms with Gasteiger partial charge in [0.05, 0.1) is 22.5 Å². The molecular formula is C25H30Cl2F3N3O4S. The van der Waals surface area contributed by atoms with Crippen molar-refractivity contribution >= 4 is 50.7 Å². The Morgan fingerprint density at radius 2 is 1.71 bits per heavy atom. The Bertz CT molecular complexity index is 1240. The third-order valence-electron chi connectivity index (χ3n) is 5.74. The van der Waals surface area contributed by atoms with Gasteiger partial charge in [0.1, 0.15) is 12.6 Å². The number of nitrogens with one attached hydrogen (secondary N) is 1. The monoisotopic (exact) mass is 595 g/mol. The summed E-state index contributed by atoms with van der Waals surface area (Å²) in [6.45, 7) is 3.07. The Balaban J connectivity index is 2.50. The zero-order valence-corrected chi connectivity index (χ0v) is 23.5. The lowest BCUT2D eigenvalue weighted by Gasteiger charge is -2.33. The predicted molar refractivity (Wildman–Crippen MR) is 143 cm³/mol. The molecule has 0 fully saturated rings. The topological polar surface area (TPSA) is 86.8 Å². The number of sulfonamides is 1. The molecule has 0 aliphatic heterocycles. The van der Waals surface area contributed by atoms with E-state index in [0.717, 1.165) is 31.2 Å². The van der Waals surface area contributed by atoms with Crippen LogP contribution < -0.4 is 9.62 Å². The van der Waals surface area contributed by atoms with Crippen molar-refractivity contribution in [2.45, 2.75) is 51.9 Å². The number of carbonyl (C=O) groups is 2. The molecule has 0 saturated carbocycles. The van der Waals surface area contributed by atoms with Crippen LogP contribution >= 0.6 is 23.2 Å². The largest absolute Gasteiger partial charge is 0.417 e. The summed E-state index contributed by atoms with van der Waals surface area (Å²) in [5.41, 5.74) is -1.12. The lowest BCUT2D eigenvalue weighted by atomic mass is 10.1. The van der Waals surface area contributed by atoms with E-state index in [1.165, 1.54) is 4.90 Å². The van der Waals surface area contributed by atoms with Crippen LogP contribution in [0.2, 0.25) is 10.0 Å². The number of halogens is 5. The number of benzene rings is 2. The molecule has 0 aliphatic carbocycles. The lowest BCUT2D eigenvalue weighted by Crippen LogP contribution is -2.52. The molecule has 210 valence electrons. The molecule has 2 amide bonds. The lowest BCUT2D eigenvalue weighted by molar-refractivity contribution is -0.140. The number of amides is 2. The molecule has 0 aliphatic rings. The number of hydrogen-bond acceptors (Lipinski definition) is 4. The first-order valence-corrected chi connectivity index (χ1v) is 14.5. The number of hydrogen-bond donors (Lipinski definition) is 1. The van der Waals surface area contributed by atoms with Gasteiger partial charge in [-0.2, -0.15) is 13.2 Å². The number of rotatable bonds is 12. The molecule has 0 bridgehead atoms. The smallest absolute Gasteiger partial charge is 0.354 e. The highest BCUT2D eigenvalue weighted by Crippen LogP contribution is 2.37. The Labute approximate surface area is 230 Å². The second kappa shape index (κ2) is 13.5. The third kappa shape index (κ3) is 8.51. The third-order valence-corrected chi connectivity index (χ3v) is 7.58. The van der Waals surface area contributed by atoms with Crippen LogP contribution in [0, 0.1) is 0 Å². The first-order chi connectivity index (χ1) is 17.7. The highest BCUT2D eigenvalue weighted by atomic mass is 35.5. The van der Waals surface area contributed by atoms with E-state index < -0.39 is 56.9 Å². The Hall–Kier alpha value is -2.50. The molecule has 0 spiro atoms. The molecule has 0 radical (unpaired) electrons. The average Bonchev–Trinajstić information content (AvgIpc) is 2.82. The fraction of sp³-hybridized carbons (Fsp3) is 0.440. The van der Waals surface area contributed by atoms with Gasteiger partial charge in [0.2, 0.25) is 21.8 Å². The minimum Gasteiger partial charge on any atom is -0.354 e. The first-order valence-electron chi connectivity index (χ1n) is 11.9. The number of nitrogens with zero attached hydrogens (tertiary/aromatic N) is 2. The van der Waals surface area contributed by atoms with Crippen molar-refractivity contribution in [1.29, 1.82) is 0 Å². The Kier molecular flexibility index (Phi) is 11.3. The van der Waals surface area contributed by atoms with Crippen molar-refractivity contribution in [3.05, 3.63) is 63.6 Å². The molecule has 2 aromatic carbocycles. The maximum Gasteiger partial charge on any atom is 0.417 e. The van der Waals surface area contributed by atoms with Crippen LogP contribution in [0.3, 0.4) is 0 Å². The van der Waals surface area contributed by atoms with Crippen LogP contribution in [0.5, 0.6) is 0 Å². The quantitative estimate of drug-likeness (QED) is 0.328. The fourth-order valence-electron chi connectivity index (χ4n) is 3.74. The van der Waals surface area contributed by atoms with E-state index in [-0.39, 0.29) is 13.0 Å². The number of carbonyl (C=O) groups excluding carboxylic acids is 2. The average molecular weight is 596 g/mol. The summed E-state index contributed by atoms with van der Waals surface area (Å²) in [7, 11) is -4.22. The summed E-state index contributed by atoms with van der Waals surface area (Å²) >= 11 is 12.0. The minimum atomic E-state index is -4.85. The summed E-state index contributed by atoms with van der Waals surface area (Å²) in [5.74, 6) is -1.23. The van der Waals surface area contributed by atoms with Crippen molar-refractivity contribution in [3.8, 4) is 0 Å². The standard InChI is InChI=1S/C25H30Cl2F3N3O4S/c1-4-6-13-31-24(35)22(5-2)32(15-17-9-7-8-10-20(17)26)23(34)16-33(38(3,36)37)18-11-12-21(27)19(14-18)25(28,29)30/h7-12,14,22H,4-6,13,15-16H2,1-3H3,(H,31,35)/t22-/m0/s1. The van der Waals surface area contributed by atoms with Crippen molar-refractivity contribution < 1.29 is 31.2 Å². The second-order valence-electron chi connectivity index (χ2n) is 8.61. The summed E-state index contributed by atoms with van der Waals surface area (Å²) in [6, 6.07) is 8.25. The van der Waals surface area contributed by atoms with E-state index in [0.29, 0.717) is 27.5 Å². The van der Waals surface area contributed by atoms with Gasteiger partial charge in [-0.3, -0.25) is 13.9 Å². The van der Waals surface area contributed by atoms with Crippen molar-refractivity contribution in [2.24, 2.45) is 0 Å².